The highest BCUT2D eigenvalue weighted by molar-refractivity contribution is 5.60. The van der Waals surface area contributed by atoms with E-state index >= 15 is 0 Å². The fourth-order valence-electron chi connectivity index (χ4n) is 1.98. The number of hydrogen-bond donors (Lipinski definition) is 3. The van der Waals surface area contributed by atoms with Gasteiger partial charge in [0.25, 0.3) is 0 Å². The van der Waals surface area contributed by atoms with Gasteiger partial charge < -0.3 is 5.32 Å². The Labute approximate surface area is 110 Å². The van der Waals surface area contributed by atoms with Crippen molar-refractivity contribution in [3.63, 3.8) is 0 Å². The van der Waals surface area contributed by atoms with E-state index in [1.807, 2.05) is 0 Å². The highest BCUT2D eigenvalue weighted by atomic mass is 16.6. The predicted octanol–water partition coefficient (Wildman–Crippen LogP) is 1.58. The van der Waals surface area contributed by atoms with Gasteiger partial charge in [0.05, 0.1) is 4.92 Å². The second-order valence-corrected chi connectivity index (χ2v) is 4.74. The third-order valence-electron chi connectivity index (χ3n) is 3.15. The third-order valence-corrected chi connectivity index (χ3v) is 3.15. The molecule has 104 valence electrons. The summed E-state index contributed by atoms with van der Waals surface area (Å²) in [5, 5.41) is 14.0. The molecule has 19 heavy (non-hydrogen) atoms. The van der Waals surface area contributed by atoms with Crippen molar-refractivity contribution in [1.82, 2.24) is 9.97 Å². The molecule has 0 amide bonds. The average molecular weight is 266 g/mol. The molecule has 0 saturated heterocycles. The lowest BCUT2D eigenvalue weighted by molar-refractivity contribution is -0.385. The van der Waals surface area contributed by atoms with E-state index in [-0.39, 0.29) is 23.1 Å². The molecular formula is C11H18N6O2. The Balaban J connectivity index is 2.06. The van der Waals surface area contributed by atoms with Crippen molar-refractivity contribution in [3.8, 4) is 0 Å². The van der Waals surface area contributed by atoms with Gasteiger partial charge in [-0.15, -0.1) is 0 Å². The first-order chi connectivity index (χ1) is 9.11. The number of nitrogens with zero attached hydrogens (tertiary/aromatic N) is 3. The molecule has 0 aromatic carbocycles. The van der Waals surface area contributed by atoms with Gasteiger partial charge in [0, 0.05) is 6.54 Å². The molecule has 0 aliphatic heterocycles. The zero-order valence-electron chi connectivity index (χ0n) is 10.8. The van der Waals surface area contributed by atoms with Gasteiger partial charge in [-0.1, -0.05) is 12.8 Å². The molecule has 0 spiro atoms. The summed E-state index contributed by atoms with van der Waals surface area (Å²) in [5.74, 6) is 6.49. The van der Waals surface area contributed by atoms with Crippen LogP contribution in [0.5, 0.6) is 0 Å². The monoisotopic (exact) mass is 266 g/mol. The van der Waals surface area contributed by atoms with Crippen molar-refractivity contribution in [2.45, 2.75) is 32.6 Å². The molecule has 1 heterocycles. The van der Waals surface area contributed by atoms with Crippen LogP contribution in [0.25, 0.3) is 0 Å². The van der Waals surface area contributed by atoms with Crippen molar-refractivity contribution in [1.29, 1.82) is 0 Å². The zero-order valence-corrected chi connectivity index (χ0v) is 10.8. The Kier molecular flexibility index (Phi) is 4.10. The van der Waals surface area contributed by atoms with E-state index in [4.69, 9.17) is 5.84 Å². The minimum absolute atomic E-state index is 0.0922. The van der Waals surface area contributed by atoms with E-state index in [1.165, 1.54) is 12.8 Å². The number of aromatic nitrogens is 2. The van der Waals surface area contributed by atoms with Gasteiger partial charge in [-0.25, -0.2) is 10.8 Å². The molecule has 0 atom stereocenters. The number of hydrazine groups is 1. The molecule has 8 heteroatoms. The summed E-state index contributed by atoms with van der Waals surface area (Å²) in [6.45, 7) is 2.23. The first-order valence-corrected chi connectivity index (χ1v) is 6.35. The van der Waals surface area contributed by atoms with Crippen molar-refractivity contribution in [2.75, 3.05) is 17.3 Å². The number of nitrogen functional groups attached to an aromatic ring is 1. The number of nitro groups is 1. The number of rotatable bonds is 7. The molecule has 8 nitrogen and oxygen atoms in total. The highest BCUT2D eigenvalue weighted by Gasteiger charge is 2.23. The van der Waals surface area contributed by atoms with E-state index < -0.39 is 4.92 Å². The van der Waals surface area contributed by atoms with Gasteiger partial charge in [-0.2, -0.15) is 4.98 Å². The van der Waals surface area contributed by atoms with E-state index in [1.54, 1.807) is 6.92 Å². The predicted molar refractivity (Wildman–Crippen MR) is 71.7 cm³/mol. The van der Waals surface area contributed by atoms with Gasteiger partial charge >= 0.3 is 5.69 Å². The molecule has 0 unspecified atom stereocenters. The minimum Gasteiger partial charge on any atom is -0.364 e. The van der Waals surface area contributed by atoms with E-state index in [2.05, 4.69) is 20.7 Å². The fraction of sp³-hybridized carbons (Fsp3) is 0.636. The Hall–Kier alpha value is -1.96. The highest BCUT2D eigenvalue weighted by Crippen LogP contribution is 2.33. The lowest BCUT2D eigenvalue weighted by atomic mass is 10.2. The van der Waals surface area contributed by atoms with E-state index in [0.29, 0.717) is 6.54 Å². The molecule has 4 N–H and O–H groups in total. The van der Waals surface area contributed by atoms with Crippen molar-refractivity contribution >= 4 is 17.5 Å². The van der Waals surface area contributed by atoms with Crippen molar-refractivity contribution < 1.29 is 4.92 Å². The molecule has 0 bridgehead atoms. The van der Waals surface area contributed by atoms with Crippen LogP contribution in [0.3, 0.4) is 0 Å². The van der Waals surface area contributed by atoms with Crippen molar-refractivity contribution in [3.05, 3.63) is 15.8 Å². The van der Waals surface area contributed by atoms with Crippen LogP contribution in [-0.4, -0.2) is 21.4 Å². The summed E-state index contributed by atoms with van der Waals surface area (Å²) in [6, 6.07) is 0. The SMILES string of the molecule is Cc1nc(NN)nc(NCCCC2CC2)c1[N+](=O)[O-]. The van der Waals surface area contributed by atoms with Gasteiger partial charge in [0.15, 0.2) is 0 Å². The number of anilines is 2. The van der Waals surface area contributed by atoms with Crippen molar-refractivity contribution in [2.24, 2.45) is 11.8 Å². The summed E-state index contributed by atoms with van der Waals surface area (Å²) in [7, 11) is 0. The molecule has 1 saturated carbocycles. The quantitative estimate of drug-likeness (QED) is 0.296. The Morgan fingerprint density at radius 1 is 1.47 bits per heavy atom. The summed E-state index contributed by atoms with van der Waals surface area (Å²) >= 11 is 0. The standard InChI is InChI=1S/C11H18N6O2/c1-7-9(17(18)19)10(15-11(14-7)16-12)13-6-2-3-8-4-5-8/h8H,2-6,12H2,1H3,(H2,13,14,15,16). The summed E-state index contributed by atoms with van der Waals surface area (Å²) in [5.41, 5.74) is 2.51. The van der Waals surface area contributed by atoms with E-state index in [0.717, 1.165) is 18.8 Å². The molecule has 1 aromatic rings. The molecule has 1 aliphatic carbocycles. The maximum absolute atomic E-state index is 11.0. The van der Waals surface area contributed by atoms with Crippen LogP contribution in [0.2, 0.25) is 0 Å². The summed E-state index contributed by atoms with van der Waals surface area (Å²) in [4.78, 5) is 18.5. The molecule has 0 radical (unpaired) electrons. The van der Waals surface area contributed by atoms with Crippen LogP contribution >= 0.6 is 0 Å². The first kappa shape index (κ1) is 13.5. The maximum atomic E-state index is 11.0. The summed E-state index contributed by atoms with van der Waals surface area (Å²) in [6.07, 6.45) is 4.77. The third kappa shape index (κ3) is 3.50. The smallest absolute Gasteiger partial charge is 0.332 e. The Morgan fingerprint density at radius 3 is 2.79 bits per heavy atom. The normalized spacial score (nSPS) is 14.2. The number of hydrogen-bond acceptors (Lipinski definition) is 7. The van der Waals surface area contributed by atoms with Crippen LogP contribution in [0, 0.1) is 23.0 Å². The molecule has 2 rings (SSSR count). The lowest BCUT2D eigenvalue weighted by Gasteiger charge is -2.09. The maximum Gasteiger partial charge on any atom is 0.332 e. The van der Waals surface area contributed by atoms with E-state index in [9.17, 15) is 10.1 Å². The van der Waals surface area contributed by atoms with Crippen LogP contribution in [0.1, 0.15) is 31.4 Å². The van der Waals surface area contributed by atoms with Crippen LogP contribution in [-0.2, 0) is 0 Å². The number of aryl methyl sites for hydroxylation is 1. The Morgan fingerprint density at radius 2 is 2.21 bits per heavy atom. The van der Waals surface area contributed by atoms with Gasteiger partial charge in [-0.05, 0) is 25.7 Å². The van der Waals surface area contributed by atoms with Crippen LogP contribution in [0.4, 0.5) is 17.5 Å². The lowest BCUT2D eigenvalue weighted by Crippen LogP contribution is -2.15. The molecule has 1 aliphatic rings. The second kappa shape index (κ2) is 5.79. The average Bonchev–Trinajstić information content (AvgIpc) is 3.17. The molecule has 1 fully saturated rings. The fourth-order valence-corrected chi connectivity index (χ4v) is 1.98. The van der Waals surface area contributed by atoms with Crippen LogP contribution < -0.4 is 16.6 Å². The minimum atomic E-state index is -0.473. The molecule has 1 aromatic heterocycles. The van der Waals surface area contributed by atoms with Gasteiger partial charge in [0.2, 0.25) is 11.8 Å². The van der Waals surface area contributed by atoms with Gasteiger partial charge in [0.1, 0.15) is 5.69 Å². The topological polar surface area (TPSA) is 119 Å². The number of nitrogens with two attached hydrogens (primary N) is 1. The van der Waals surface area contributed by atoms with Gasteiger partial charge in [-0.3, -0.25) is 15.5 Å². The van der Waals surface area contributed by atoms with Crippen LogP contribution in [0.15, 0.2) is 0 Å². The Bertz CT molecular complexity index is 474. The number of nitrogens with one attached hydrogen (secondary N) is 2. The first-order valence-electron chi connectivity index (χ1n) is 6.35. The summed E-state index contributed by atoms with van der Waals surface area (Å²) < 4.78 is 0. The largest absolute Gasteiger partial charge is 0.364 e. The molecular weight excluding hydrogens is 248 g/mol. The second-order valence-electron chi connectivity index (χ2n) is 4.74. The zero-order chi connectivity index (χ0) is 13.8.